The van der Waals surface area contributed by atoms with Crippen molar-refractivity contribution in [2.45, 2.75) is 44.6 Å². The molecule has 2 aromatic heterocycles. The molecule has 0 unspecified atom stereocenters. The lowest BCUT2D eigenvalue weighted by Crippen LogP contribution is -2.41. The number of aromatic nitrogens is 2. The summed E-state index contributed by atoms with van der Waals surface area (Å²) in [5.74, 6) is 0.166. The van der Waals surface area contributed by atoms with Crippen molar-refractivity contribution in [1.82, 2.24) is 14.5 Å². The fourth-order valence-corrected chi connectivity index (χ4v) is 4.73. The monoisotopic (exact) mass is 377 g/mol. The van der Waals surface area contributed by atoms with E-state index in [0.717, 1.165) is 30.3 Å². The van der Waals surface area contributed by atoms with Gasteiger partial charge in [0.05, 0.1) is 16.5 Å². The van der Waals surface area contributed by atoms with Gasteiger partial charge >= 0.3 is 0 Å². The highest BCUT2D eigenvalue weighted by atomic mass is 16.2. The summed E-state index contributed by atoms with van der Waals surface area (Å²) < 4.78 is 3.44. The number of rotatable bonds is 3. The number of pyridine rings is 1. The molecular weight excluding hydrogens is 350 g/mol. The molecule has 1 aliphatic rings. The topological polar surface area (TPSA) is 56.0 Å². The maximum Gasteiger partial charge on any atom is 0.260 e. The zero-order valence-electron chi connectivity index (χ0n) is 16.7. The highest BCUT2D eigenvalue weighted by Gasteiger charge is 2.29. The molecule has 2 heterocycles. The molecule has 5 nitrogen and oxygen atoms in total. The molecule has 1 amide bonds. The SMILES string of the molecule is Cc1cn(C)c(=O)c2c(C(=O)N[C@H]3CCCC[C@@H]3c3ccccc3)cn(C)c12. The molecule has 1 saturated carbocycles. The molecule has 1 aliphatic carbocycles. The van der Waals surface area contributed by atoms with Crippen molar-refractivity contribution in [3.8, 4) is 0 Å². The Kier molecular flexibility index (Phi) is 4.84. The highest BCUT2D eigenvalue weighted by molar-refractivity contribution is 6.07. The van der Waals surface area contributed by atoms with Gasteiger partial charge in [0.1, 0.15) is 0 Å². The van der Waals surface area contributed by atoms with Gasteiger partial charge in [-0.2, -0.15) is 0 Å². The van der Waals surface area contributed by atoms with E-state index in [9.17, 15) is 9.59 Å². The van der Waals surface area contributed by atoms with Gasteiger partial charge in [-0.25, -0.2) is 0 Å². The molecule has 0 radical (unpaired) electrons. The molecule has 0 bridgehead atoms. The first kappa shape index (κ1) is 18.5. The Balaban J connectivity index is 1.69. The predicted octanol–water partition coefficient (Wildman–Crippen LogP) is 3.64. The van der Waals surface area contributed by atoms with Crippen molar-refractivity contribution in [2.75, 3.05) is 0 Å². The largest absolute Gasteiger partial charge is 0.349 e. The van der Waals surface area contributed by atoms with Crippen LogP contribution in [0.4, 0.5) is 0 Å². The Bertz CT molecular complexity index is 1080. The average molecular weight is 377 g/mol. The molecule has 1 aromatic carbocycles. The number of nitrogens with one attached hydrogen (secondary N) is 1. The van der Waals surface area contributed by atoms with E-state index >= 15 is 0 Å². The maximum atomic E-state index is 13.2. The number of amides is 1. The Morgan fingerprint density at radius 2 is 1.75 bits per heavy atom. The van der Waals surface area contributed by atoms with Gasteiger partial charge in [0.15, 0.2) is 0 Å². The van der Waals surface area contributed by atoms with E-state index in [-0.39, 0.29) is 17.5 Å². The molecule has 0 spiro atoms. The van der Waals surface area contributed by atoms with Crippen LogP contribution in [0.25, 0.3) is 10.9 Å². The second-order valence-corrected chi connectivity index (χ2v) is 7.99. The zero-order chi connectivity index (χ0) is 19.8. The average Bonchev–Trinajstić information content (AvgIpc) is 3.05. The number of carbonyl (C=O) groups excluding carboxylic acids is 1. The van der Waals surface area contributed by atoms with Crippen molar-refractivity contribution in [1.29, 1.82) is 0 Å². The Morgan fingerprint density at radius 1 is 1.04 bits per heavy atom. The van der Waals surface area contributed by atoms with Gasteiger partial charge < -0.3 is 14.5 Å². The molecule has 0 saturated heterocycles. The van der Waals surface area contributed by atoms with Crippen LogP contribution in [-0.4, -0.2) is 21.1 Å². The third-order valence-electron chi connectivity index (χ3n) is 6.03. The summed E-state index contributed by atoms with van der Waals surface area (Å²) in [7, 11) is 3.62. The molecule has 28 heavy (non-hydrogen) atoms. The fourth-order valence-electron chi connectivity index (χ4n) is 4.73. The van der Waals surface area contributed by atoms with E-state index in [2.05, 4.69) is 29.6 Å². The Hall–Kier alpha value is -2.82. The molecule has 0 aliphatic heterocycles. The first-order valence-corrected chi connectivity index (χ1v) is 9.98. The van der Waals surface area contributed by atoms with Crippen LogP contribution in [0.3, 0.4) is 0 Å². The summed E-state index contributed by atoms with van der Waals surface area (Å²) in [4.78, 5) is 26.0. The zero-order valence-corrected chi connectivity index (χ0v) is 16.7. The molecule has 1 fully saturated rings. The maximum absolute atomic E-state index is 13.2. The van der Waals surface area contributed by atoms with Gasteiger partial charge in [-0.3, -0.25) is 9.59 Å². The summed E-state index contributed by atoms with van der Waals surface area (Å²) in [5.41, 5.74) is 3.43. The van der Waals surface area contributed by atoms with Crippen LogP contribution in [-0.2, 0) is 14.1 Å². The number of carbonyl (C=O) groups is 1. The minimum absolute atomic E-state index is 0.0903. The molecule has 3 aromatic rings. The molecular formula is C23H27N3O2. The number of nitrogens with zero attached hydrogens (tertiary/aromatic N) is 2. The molecule has 2 atom stereocenters. The van der Waals surface area contributed by atoms with E-state index in [0.29, 0.717) is 16.9 Å². The number of benzene rings is 1. The van der Waals surface area contributed by atoms with Gasteiger partial charge in [-0.15, -0.1) is 0 Å². The van der Waals surface area contributed by atoms with Crippen molar-refractivity contribution >= 4 is 16.8 Å². The summed E-state index contributed by atoms with van der Waals surface area (Å²) in [5, 5.41) is 3.76. The fraction of sp³-hybridized carbons (Fsp3) is 0.391. The van der Waals surface area contributed by atoms with Gasteiger partial charge in [-0.05, 0) is 30.9 Å². The van der Waals surface area contributed by atoms with Crippen molar-refractivity contribution in [2.24, 2.45) is 14.1 Å². The second-order valence-electron chi connectivity index (χ2n) is 7.99. The summed E-state index contributed by atoms with van der Waals surface area (Å²) >= 11 is 0. The summed E-state index contributed by atoms with van der Waals surface area (Å²) in [6, 6.07) is 10.5. The van der Waals surface area contributed by atoms with E-state index in [1.54, 1.807) is 17.8 Å². The van der Waals surface area contributed by atoms with Crippen molar-refractivity contribution in [3.05, 3.63) is 69.8 Å². The Labute approximate surface area is 165 Å². The standard InChI is InChI=1S/C23H27N3O2/c1-15-13-26(3)23(28)20-18(14-25(2)21(15)20)22(27)24-19-12-8-7-11-17(19)16-9-5-4-6-10-16/h4-6,9-10,13-14,17,19H,7-8,11-12H2,1-3H3,(H,24,27)/t17-,19+/m1/s1. The third kappa shape index (κ3) is 3.15. The van der Waals surface area contributed by atoms with Gasteiger partial charge in [-0.1, -0.05) is 43.2 Å². The summed E-state index contributed by atoms with van der Waals surface area (Å²) in [6.07, 6.45) is 7.94. The highest BCUT2D eigenvalue weighted by Crippen LogP contribution is 2.33. The minimum atomic E-state index is -0.152. The normalized spacial score (nSPS) is 19.7. The first-order chi connectivity index (χ1) is 13.5. The van der Waals surface area contributed by atoms with Gasteiger partial charge in [0, 0.05) is 38.4 Å². The smallest absolute Gasteiger partial charge is 0.260 e. The van der Waals surface area contributed by atoms with E-state index < -0.39 is 0 Å². The molecule has 1 N–H and O–H groups in total. The number of hydrogen-bond acceptors (Lipinski definition) is 2. The lowest BCUT2D eigenvalue weighted by molar-refractivity contribution is 0.0922. The molecule has 5 heteroatoms. The summed E-state index contributed by atoms with van der Waals surface area (Å²) in [6.45, 7) is 1.97. The van der Waals surface area contributed by atoms with Crippen LogP contribution < -0.4 is 10.9 Å². The molecule has 4 rings (SSSR count). The van der Waals surface area contributed by atoms with Crippen molar-refractivity contribution in [3.63, 3.8) is 0 Å². The van der Waals surface area contributed by atoms with Crippen LogP contribution in [0.2, 0.25) is 0 Å². The second kappa shape index (κ2) is 7.30. The van der Waals surface area contributed by atoms with Crippen LogP contribution >= 0.6 is 0 Å². The van der Waals surface area contributed by atoms with Gasteiger partial charge in [0.25, 0.3) is 11.5 Å². The first-order valence-electron chi connectivity index (χ1n) is 9.98. The third-order valence-corrected chi connectivity index (χ3v) is 6.03. The van der Waals surface area contributed by atoms with Crippen molar-refractivity contribution < 1.29 is 4.79 Å². The Morgan fingerprint density at radius 3 is 2.50 bits per heavy atom. The van der Waals surface area contributed by atoms with Crippen LogP contribution in [0, 0.1) is 6.92 Å². The quantitative estimate of drug-likeness (QED) is 0.758. The number of fused-ring (bicyclic) bond motifs is 1. The van der Waals surface area contributed by atoms with Crippen LogP contribution in [0.5, 0.6) is 0 Å². The van der Waals surface area contributed by atoms with Crippen LogP contribution in [0.15, 0.2) is 47.5 Å². The van der Waals surface area contributed by atoms with Gasteiger partial charge in [0.2, 0.25) is 0 Å². The van der Waals surface area contributed by atoms with Crippen LogP contribution in [0.1, 0.15) is 53.1 Å². The predicted molar refractivity (Wildman–Crippen MR) is 112 cm³/mol. The van der Waals surface area contributed by atoms with E-state index in [1.165, 1.54) is 12.0 Å². The minimum Gasteiger partial charge on any atom is -0.349 e. The van der Waals surface area contributed by atoms with E-state index in [4.69, 9.17) is 0 Å². The van der Waals surface area contributed by atoms with E-state index in [1.807, 2.05) is 30.8 Å². The molecule has 146 valence electrons. The lowest BCUT2D eigenvalue weighted by Gasteiger charge is -2.32. The number of hydrogen-bond donors (Lipinski definition) is 1. The number of aryl methyl sites for hydroxylation is 3. The lowest BCUT2D eigenvalue weighted by atomic mass is 9.80.